The van der Waals surface area contributed by atoms with E-state index in [1.54, 1.807) is 7.11 Å². The van der Waals surface area contributed by atoms with Crippen LogP contribution in [-0.2, 0) is 17.6 Å². The monoisotopic (exact) mass is 332 g/mol. The van der Waals surface area contributed by atoms with Crippen LogP contribution in [0.2, 0.25) is 0 Å². The van der Waals surface area contributed by atoms with E-state index in [0.29, 0.717) is 6.10 Å². The summed E-state index contributed by atoms with van der Waals surface area (Å²) < 4.78 is 5.53. The summed E-state index contributed by atoms with van der Waals surface area (Å²) in [6, 6.07) is 6.37. The number of ether oxygens (including phenoxy) is 1. The highest BCUT2D eigenvalue weighted by molar-refractivity contribution is 5.74. The van der Waals surface area contributed by atoms with Gasteiger partial charge in [0.25, 0.3) is 0 Å². The van der Waals surface area contributed by atoms with Crippen LogP contribution in [0.4, 0.5) is 4.79 Å². The van der Waals surface area contributed by atoms with Gasteiger partial charge in [0, 0.05) is 7.11 Å². The van der Waals surface area contributed by atoms with Crippen molar-refractivity contribution in [2.24, 2.45) is 5.41 Å². The molecular formula is C19H28N2O3. The van der Waals surface area contributed by atoms with Crippen molar-refractivity contribution in [3.63, 3.8) is 0 Å². The Morgan fingerprint density at radius 2 is 2.12 bits per heavy atom. The SMILES string of the molecule is CCc1ccc2c(c1)C(NC(=O)NCO)C1(CCC(OC)CC1)C2. The summed E-state index contributed by atoms with van der Waals surface area (Å²) in [6.07, 6.45) is 6.49. The molecule has 3 N–H and O–H groups in total. The Labute approximate surface area is 143 Å². The number of rotatable bonds is 4. The molecule has 132 valence electrons. The molecule has 2 amide bonds. The molecule has 1 fully saturated rings. The number of methoxy groups -OCH3 is 1. The van der Waals surface area contributed by atoms with Crippen LogP contribution in [0, 0.1) is 5.41 Å². The summed E-state index contributed by atoms with van der Waals surface area (Å²) in [6.45, 7) is 1.80. The molecule has 0 aromatic heterocycles. The average Bonchev–Trinajstić information content (AvgIpc) is 2.88. The van der Waals surface area contributed by atoms with Gasteiger partial charge in [-0.25, -0.2) is 4.79 Å². The molecule has 1 unspecified atom stereocenters. The molecule has 0 saturated heterocycles. The number of hydrogen-bond donors (Lipinski definition) is 3. The quantitative estimate of drug-likeness (QED) is 0.743. The maximum atomic E-state index is 12.1. The minimum atomic E-state index is -0.348. The van der Waals surface area contributed by atoms with E-state index in [-0.39, 0.29) is 24.2 Å². The van der Waals surface area contributed by atoms with Crippen LogP contribution in [-0.4, -0.2) is 31.1 Å². The lowest BCUT2D eigenvalue weighted by Crippen LogP contribution is -2.45. The van der Waals surface area contributed by atoms with Crippen molar-refractivity contribution in [2.45, 2.75) is 57.6 Å². The van der Waals surface area contributed by atoms with Gasteiger partial charge in [-0.2, -0.15) is 0 Å². The number of aliphatic hydroxyl groups is 1. The predicted octanol–water partition coefficient (Wildman–Crippen LogP) is 2.67. The zero-order valence-corrected chi connectivity index (χ0v) is 14.6. The minimum Gasteiger partial charge on any atom is -0.381 e. The van der Waals surface area contributed by atoms with Gasteiger partial charge in [0.15, 0.2) is 0 Å². The average molecular weight is 332 g/mol. The van der Waals surface area contributed by atoms with Gasteiger partial charge in [-0.05, 0) is 60.6 Å². The van der Waals surface area contributed by atoms with E-state index in [1.165, 1.54) is 16.7 Å². The Morgan fingerprint density at radius 1 is 1.38 bits per heavy atom. The van der Waals surface area contributed by atoms with Crippen molar-refractivity contribution < 1.29 is 14.6 Å². The summed E-state index contributed by atoms with van der Waals surface area (Å²) in [5, 5.41) is 14.6. The molecule has 3 rings (SSSR count). The fourth-order valence-corrected chi connectivity index (χ4v) is 4.46. The lowest BCUT2D eigenvalue weighted by molar-refractivity contribution is 0.0170. The van der Waals surface area contributed by atoms with E-state index < -0.39 is 0 Å². The third-order valence-electron chi connectivity index (χ3n) is 5.86. The van der Waals surface area contributed by atoms with Crippen molar-refractivity contribution in [2.75, 3.05) is 13.8 Å². The first kappa shape index (κ1) is 17.2. The highest BCUT2D eigenvalue weighted by Gasteiger charge is 2.48. The third kappa shape index (κ3) is 3.15. The van der Waals surface area contributed by atoms with Gasteiger partial charge in [0.05, 0.1) is 12.1 Å². The first-order valence-corrected chi connectivity index (χ1v) is 8.91. The lowest BCUT2D eigenvalue weighted by Gasteiger charge is -2.41. The molecule has 2 aliphatic carbocycles. The summed E-state index contributed by atoms with van der Waals surface area (Å²) >= 11 is 0. The molecular weight excluding hydrogens is 304 g/mol. The second-order valence-corrected chi connectivity index (χ2v) is 7.10. The Bertz CT molecular complexity index is 594. The van der Waals surface area contributed by atoms with Gasteiger partial charge >= 0.3 is 6.03 Å². The molecule has 5 heteroatoms. The molecule has 0 aliphatic heterocycles. The zero-order valence-electron chi connectivity index (χ0n) is 14.6. The normalized spacial score (nSPS) is 28.6. The van der Waals surface area contributed by atoms with Gasteiger partial charge in [-0.3, -0.25) is 0 Å². The van der Waals surface area contributed by atoms with Gasteiger partial charge in [0.1, 0.15) is 6.73 Å². The minimum absolute atomic E-state index is 0.00311. The number of aliphatic hydroxyl groups excluding tert-OH is 1. The van der Waals surface area contributed by atoms with Crippen LogP contribution in [0.3, 0.4) is 0 Å². The Hall–Kier alpha value is -1.59. The molecule has 1 spiro atoms. The molecule has 2 aliphatic rings. The molecule has 0 heterocycles. The number of urea groups is 1. The predicted molar refractivity (Wildman–Crippen MR) is 92.7 cm³/mol. The fourth-order valence-electron chi connectivity index (χ4n) is 4.46. The molecule has 0 radical (unpaired) electrons. The fraction of sp³-hybridized carbons (Fsp3) is 0.632. The van der Waals surface area contributed by atoms with E-state index in [1.807, 2.05) is 0 Å². The lowest BCUT2D eigenvalue weighted by atomic mass is 9.68. The van der Waals surface area contributed by atoms with E-state index >= 15 is 0 Å². The van der Waals surface area contributed by atoms with Crippen molar-refractivity contribution >= 4 is 6.03 Å². The van der Waals surface area contributed by atoms with Crippen LogP contribution in [0.25, 0.3) is 0 Å². The molecule has 5 nitrogen and oxygen atoms in total. The standard InChI is InChI=1S/C19H28N2O3/c1-3-13-4-5-14-11-19(8-6-15(24-2)7-9-19)17(16(14)10-13)21-18(23)20-12-22/h4-5,10,15,17,22H,3,6-9,11-12H2,1-2H3,(H2,20,21,23). The summed E-state index contributed by atoms with van der Waals surface area (Å²) in [5.41, 5.74) is 3.96. The number of carbonyl (C=O) groups is 1. The third-order valence-corrected chi connectivity index (χ3v) is 5.86. The Balaban J connectivity index is 1.89. The van der Waals surface area contributed by atoms with E-state index in [9.17, 15) is 4.79 Å². The molecule has 1 aromatic rings. The Morgan fingerprint density at radius 3 is 2.75 bits per heavy atom. The second-order valence-electron chi connectivity index (χ2n) is 7.10. The number of benzene rings is 1. The maximum Gasteiger partial charge on any atom is 0.317 e. The first-order valence-electron chi connectivity index (χ1n) is 8.91. The number of hydrogen-bond acceptors (Lipinski definition) is 3. The molecule has 0 bridgehead atoms. The van der Waals surface area contributed by atoms with Gasteiger partial charge < -0.3 is 20.5 Å². The number of nitrogens with one attached hydrogen (secondary N) is 2. The van der Waals surface area contributed by atoms with E-state index in [2.05, 4.69) is 35.8 Å². The van der Waals surface area contributed by atoms with Crippen LogP contribution in [0.15, 0.2) is 18.2 Å². The first-order chi connectivity index (χ1) is 11.6. The Kier molecular flexibility index (Phi) is 5.11. The largest absolute Gasteiger partial charge is 0.381 e. The van der Waals surface area contributed by atoms with Crippen LogP contribution < -0.4 is 10.6 Å². The van der Waals surface area contributed by atoms with Crippen molar-refractivity contribution in [3.05, 3.63) is 34.9 Å². The summed E-state index contributed by atoms with van der Waals surface area (Å²) in [7, 11) is 1.78. The topological polar surface area (TPSA) is 70.6 Å². The number of aryl methyl sites for hydroxylation is 1. The van der Waals surface area contributed by atoms with Crippen molar-refractivity contribution in [1.29, 1.82) is 0 Å². The molecule has 1 atom stereocenters. The molecule has 1 aromatic carbocycles. The van der Waals surface area contributed by atoms with Gasteiger partial charge in [0.2, 0.25) is 0 Å². The number of carbonyl (C=O) groups excluding carboxylic acids is 1. The van der Waals surface area contributed by atoms with E-state index in [4.69, 9.17) is 9.84 Å². The summed E-state index contributed by atoms with van der Waals surface area (Å²) in [5.74, 6) is 0. The molecule has 1 saturated carbocycles. The maximum absolute atomic E-state index is 12.1. The van der Waals surface area contributed by atoms with Crippen LogP contribution in [0.5, 0.6) is 0 Å². The van der Waals surface area contributed by atoms with Crippen LogP contribution >= 0.6 is 0 Å². The number of amides is 2. The highest BCUT2D eigenvalue weighted by atomic mass is 16.5. The van der Waals surface area contributed by atoms with Gasteiger partial charge in [-0.1, -0.05) is 25.1 Å². The molecule has 24 heavy (non-hydrogen) atoms. The van der Waals surface area contributed by atoms with E-state index in [0.717, 1.165) is 38.5 Å². The second kappa shape index (κ2) is 7.11. The number of fused-ring (bicyclic) bond motifs is 1. The highest BCUT2D eigenvalue weighted by Crippen LogP contribution is 2.54. The van der Waals surface area contributed by atoms with Crippen molar-refractivity contribution in [1.82, 2.24) is 10.6 Å². The van der Waals surface area contributed by atoms with Crippen molar-refractivity contribution in [3.8, 4) is 0 Å². The smallest absolute Gasteiger partial charge is 0.317 e. The van der Waals surface area contributed by atoms with Gasteiger partial charge in [-0.15, -0.1) is 0 Å². The zero-order chi connectivity index (χ0) is 17.2. The van der Waals surface area contributed by atoms with Crippen LogP contribution in [0.1, 0.15) is 55.3 Å². The summed E-state index contributed by atoms with van der Waals surface area (Å²) in [4.78, 5) is 12.1.